The average Bonchev–Trinajstić information content (AvgIpc) is 2.76. The second-order valence-electron chi connectivity index (χ2n) is 5.44. The van der Waals surface area contributed by atoms with Crippen LogP contribution in [0.3, 0.4) is 0 Å². The SMILES string of the molecule is CC1(C)[C@H](C(=O)O)[C@H]1c1nc(-c2ccccc2)no1. The molecule has 5 heteroatoms. The summed E-state index contributed by atoms with van der Waals surface area (Å²) in [6.07, 6.45) is 0. The molecule has 1 heterocycles. The van der Waals surface area contributed by atoms with E-state index in [1.54, 1.807) is 0 Å². The van der Waals surface area contributed by atoms with E-state index >= 15 is 0 Å². The predicted octanol–water partition coefficient (Wildman–Crippen LogP) is 2.56. The lowest BCUT2D eigenvalue weighted by Gasteiger charge is -1.96. The number of benzene rings is 1. The normalized spacial score (nSPS) is 24.1. The van der Waals surface area contributed by atoms with Crippen molar-refractivity contribution in [3.63, 3.8) is 0 Å². The van der Waals surface area contributed by atoms with E-state index in [1.165, 1.54) is 0 Å². The number of carboxylic acids is 1. The van der Waals surface area contributed by atoms with Gasteiger partial charge in [-0.2, -0.15) is 4.98 Å². The zero-order valence-electron chi connectivity index (χ0n) is 10.7. The monoisotopic (exact) mass is 258 g/mol. The van der Waals surface area contributed by atoms with Crippen LogP contribution in [-0.4, -0.2) is 21.2 Å². The van der Waals surface area contributed by atoms with E-state index in [0.717, 1.165) is 5.56 Å². The van der Waals surface area contributed by atoms with Gasteiger partial charge in [0.1, 0.15) is 0 Å². The van der Waals surface area contributed by atoms with E-state index < -0.39 is 11.9 Å². The lowest BCUT2D eigenvalue weighted by atomic mass is 10.1. The molecule has 0 bridgehead atoms. The Balaban J connectivity index is 1.90. The van der Waals surface area contributed by atoms with E-state index in [2.05, 4.69) is 10.1 Å². The summed E-state index contributed by atoms with van der Waals surface area (Å²) in [4.78, 5) is 15.5. The molecule has 98 valence electrons. The molecule has 1 N–H and O–H groups in total. The number of rotatable bonds is 3. The van der Waals surface area contributed by atoms with Gasteiger partial charge in [0.15, 0.2) is 0 Å². The van der Waals surface area contributed by atoms with Crippen molar-refractivity contribution in [2.24, 2.45) is 11.3 Å². The van der Waals surface area contributed by atoms with Crippen LogP contribution in [0.1, 0.15) is 25.7 Å². The summed E-state index contributed by atoms with van der Waals surface area (Å²) in [5.41, 5.74) is 0.537. The Morgan fingerprint density at radius 1 is 1.32 bits per heavy atom. The van der Waals surface area contributed by atoms with Gasteiger partial charge >= 0.3 is 5.97 Å². The van der Waals surface area contributed by atoms with Crippen LogP contribution >= 0.6 is 0 Å². The van der Waals surface area contributed by atoms with Crippen LogP contribution < -0.4 is 0 Å². The first-order valence-electron chi connectivity index (χ1n) is 6.13. The summed E-state index contributed by atoms with van der Waals surface area (Å²) in [5, 5.41) is 13.1. The summed E-state index contributed by atoms with van der Waals surface area (Å²) >= 11 is 0. The molecule has 0 spiro atoms. The van der Waals surface area contributed by atoms with E-state index in [-0.39, 0.29) is 11.3 Å². The molecule has 1 fully saturated rings. The molecule has 0 saturated heterocycles. The number of carbonyl (C=O) groups is 1. The van der Waals surface area contributed by atoms with Crippen molar-refractivity contribution < 1.29 is 14.4 Å². The molecule has 5 nitrogen and oxygen atoms in total. The molecule has 19 heavy (non-hydrogen) atoms. The highest BCUT2D eigenvalue weighted by molar-refractivity contribution is 5.77. The highest BCUT2D eigenvalue weighted by Crippen LogP contribution is 2.64. The first-order valence-corrected chi connectivity index (χ1v) is 6.13. The van der Waals surface area contributed by atoms with Gasteiger partial charge in [-0.15, -0.1) is 0 Å². The first kappa shape index (κ1) is 11.9. The zero-order chi connectivity index (χ0) is 13.6. The van der Waals surface area contributed by atoms with Crippen molar-refractivity contribution >= 4 is 5.97 Å². The summed E-state index contributed by atoms with van der Waals surface area (Å²) in [6, 6.07) is 9.48. The average molecular weight is 258 g/mol. The molecule has 1 aliphatic rings. The van der Waals surface area contributed by atoms with Gasteiger partial charge in [-0.25, -0.2) is 0 Å². The molecule has 0 unspecified atom stereocenters. The summed E-state index contributed by atoms with van der Waals surface area (Å²) in [5.74, 6) is -0.542. The van der Waals surface area contributed by atoms with Crippen LogP contribution in [0.15, 0.2) is 34.9 Å². The Morgan fingerprint density at radius 3 is 2.58 bits per heavy atom. The van der Waals surface area contributed by atoms with Gasteiger partial charge in [-0.05, 0) is 5.41 Å². The van der Waals surface area contributed by atoms with E-state index in [1.807, 2.05) is 44.2 Å². The Morgan fingerprint density at radius 2 is 2.00 bits per heavy atom. The summed E-state index contributed by atoms with van der Waals surface area (Å²) in [6.45, 7) is 3.81. The van der Waals surface area contributed by atoms with Crippen LogP contribution in [0.5, 0.6) is 0 Å². The summed E-state index contributed by atoms with van der Waals surface area (Å²) < 4.78 is 5.23. The maximum atomic E-state index is 11.1. The molecule has 1 aliphatic carbocycles. The van der Waals surface area contributed by atoms with Crippen LogP contribution in [0.25, 0.3) is 11.4 Å². The molecular formula is C14H14N2O3. The minimum absolute atomic E-state index is 0.199. The molecule has 3 rings (SSSR count). The van der Waals surface area contributed by atoms with Crippen molar-refractivity contribution in [2.45, 2.75) is 19.8 Å². The van der Waals surface area contributed by atoms with Gasteiger partial charge in [-0.3, -0.25) is 4.79 Å². The van der Waals surface area contributed by atoms with E-state index in [0.29, 0.717) is 11.7 Å². The highest BCUT2D eigenvalue weighted by Gasteiger charge is 2.65. The lowest BCUT2D eigenvalue weighted by molar-refractivity contribution is -0.139. The molecule has 2 aromatic rings. The fraction of sp³-hybridized carbons (Fsp3) is 0.357. The number of hydrogen-bond donors (Lipinski definition) is 1. The molecule has 1 aromatic heterocycles. The van der Waals surface area contributed by atoms with Gasteiger partial charge in [0.25, 0.3) is 0 Å². The maximum Gasteiger partial charge on any atom is 0.307 e. The maximum absolute atomic E-state index is 11.1. The topological polar surface area (TPSA) is 76.2 Å². The zero-order valence-corrected chi connectivity index (χ0v) is 10.7. The van der Waals surface area contributed by atoms with Crippen molar-refractivity contribution in [2.75, 3.05) is 0 Å². The second kappa shape index (κ2) is 3.91. The number of nitrogens with zero attached hydrogens (tertiary/aromatic N) is 2. The van der Waals surface area contributed by atoms with Crippen molar-refractivity contribution in [3.05, 3.63) is 36.2 Å². The number of carboxylic acid groups (broad SMARTS) is 1. The van der Waals surface area contributed by atoms with E-state index in [4.69, 9.17) is 9.63 Å². The van der Waals surface area contributed by atoms with E-state index in [9.17, 15) is 4.79 Å². The molecule has 1 saturated carbocycles. The fourth-order valence-corrected chi connectivity index (χ4v) is 2.63. The van der Waals surface area contributed by atoms with Crippen LogP contribution in [0.2, 0.25) is 0 Å². The Kier molecular flexibility index (Phi) is 2.45. The van der Waals surface area contributed by atoms with Crippen molar-refractivity contribution in [1.29, 1.82) is 0 Å². The van der Waals surface area contributed by atoms with Crippen molar-refractivity contribution in [1.82, 2.24) is 10.1 Å². The predicted molar refractivity (Wildman–Crippen MR) is 67.4 cm³/mol. The van der Waals surface area contributed by atoms with Gasteiger partial charge in [0, 0.05) is 5.56 Å². The van der Waals surface area contributed by atoms with Gasteiger partial charge in [0.05, 0.1) is 11.8 Å². The lowest BCUT2D eigenvalue weighted by Crippen LogP contribution is -2.03. The van der Waals surface area contributed by atoms with Crippen molar-refractivity contribution in [3.8, 4) is 11.4 Å². The Hall–Kier alpha value is -2.17. The third kappa shape index (κ3) is 1.82. The number of hydrogen-bond acceptors (Lipinski definition) is 4. The first-order chi connectivity index (χ1) is 9.01. The quantitative estimate of drug-likeness (QED) is 0.915. The van der Waals surface area contributed by atoms with Gasteiger partial charge < -0.3 is 9.63 Å². The fourth-order valence-electron chi connectivity index (χ4n) is 2.63. The van der Waals surface area contributed by atoms with Crippen LogP contribution in [0, 0.1) is 11.3 Å². The van der Waals surface area contributed by atoms with Crippen LogP contribution in [-0.2, 0) is 4.79 Å². The molecule has 0 radical (unpaired) electrons. The minimum Gasteiger partial charge on any atom is -0.481 e. The molecule has 1 aromatic carbocycles. The van der Waals surface area contributed by atoms with Gasteiger partial charge in [0.2, 0.25) is 11.7 Å². The molecular weight excluding hydrogens is 244 g/mol. The third-order valence-electron chi connectivity index (χ3n) is 3.83. The smallest absolute Gasteiger partial charge is 0.307 e. The number of aromatic nitrogens is 2. The largest absolute Gasteiger partial charge is 0.481 e. The highest BCUT2D eigenvalue weighted by atomic mass is 16.5. The molecule has 2 atom stereocenters. The van der Waals surface area contributed by atoms with Gasteiger partial charge in [-0.1, -0.05) is 49.3 Å². The Bertz CT molecular complexity index is 619. The Labute approximate surface area is 110 Å². The number of aliphatic carboxylic acids is 1. The minimum atomic E-state index is -0.811. The third-order valence-corrected chi connectivity index (χ3v) is 3.83. The summed E-state index contributed by atoms with van der Waals surface area (Å²) in [7, 11) is 0. The standard InChI is InChI=1S/C14H14N2O3/c1-14(2)9(10(14)13(17)18)12-15-11(16-19-12)8-6-4-3-5-7-8/h3-7,9-10H,1-2H3,(H,17,18)/t9-,10-/m0/s1. The second-order valence-corrected chi connectivity index (χ2v) is 5.44. The van der Waals surface area contributed by atoms with Crippen LogP contribution in [0.4, 0.5) is 0 Å². The molecule has 0 amide bonds. The molecule has 0 aliphatic heterocycles.